The molecule has 0 spiro atoms. The summed E-state index contributed by atoms with van der Waals surface area (Å²) in [6, 6.07) is 14.5. The van der Waals surface area contributed by atoms with Crippen LogP contribution in [0.15, 0.2) is 60.7 Å². The molecular weight excluding hydrogens is 478 g/mol. The van der Waals surface area contributed by atoms with Crippen LogP contribution in [0, 0.1) is 5.82 Å². The number of hydrogen-bond donors (Lipinski definition) is 2. The molecule has 4 rings (SSSR count). The van der Waals surface area contributed by atoms with E-state index in [9.17, 15) is 18.8 Å². The van der Waals surface area contributed by atoms with Crippen molar-refractivity contribution in [2.24, 2.45) is 5.73 Å². The van der Waals surface area contributed by atoms with Gasteiger partial charge in [-0.1, -0.05) is 48.0 Å². The molecule has 0 aliphatic carbocycles. The number of nitrogens with zero attached hydrogens (tertiary/aromatic N) is 2. The average Bonchev–Trinajstić information content (AvgIpc) is 3.23. The van der Waals surface area contributed by atoms with Gasteiger partial charge in [0.05, 0.1) is 24.3 Å². The number of primary amides is 1. The van der Waals surface area contributed by atoms with E-state index in [0.29, 0.717) is 10.6 Å². The van der Waals surface area contributed by atoms with E-state index in [4.69, 9.17) is 17.3 Å². The molecule has 35 heavy (non-hydrogen) atoms. The molecule has 180 valence electrons. The van der Waals surface area contributed by atoms with Crippen LogP contribution in [0.2, 0.25) is 5.02 Å². The number of halogens is 3. The quantitative estimate of drug-likeness (QED) is 0.539. The lowest BCUT2D eigenvalue weighted by Gasteiger charge is -2.24. The highest BCUT2D eigenvalue weighted by molar-refractivity contribution is 6.33. The van der Waals surface area contributed by atoms with Gasteiger partial charge in [0.2, 0.25) is 11.8 Å². The van der Waals surface area contributed by atoms with Gasteiger partial charge in [-0.25, -0.2) is 13.8 Å². The molecular formula is C25H21ClF2N4O3. The molecule has 3 aromatic rings. The number of nitrogens with two attached hydrogens (primary N) is 1. The maximum absolute atomic E-state index is 15.2. The first kappa shape index (κ1) is 24.3. The van der Waals surface area contributed by atoms with Gasteiger partial charge >= 0.3 is 0 Å². The third kappa shape index (κ3) is 5.30. The second kappa shape index (κ2) is 10.2. The fourth-order valence-electron chi connectivity index (χ4n) is 4.01. The molecule has 3 N–H and O–H groups in total. The van der Waals surface area contributed by atoms with Crippen molar-refractivity contribution in [1.29, 1.82) is 0 Å². The van der Waals surface area contributed by atoms with Gasteiger partial charge < -0.3 is 16.0 Å². The van der Waals surface area contributed by atoms with Crippen LogP contribution >= 0.6 is 11.6 Å². The molecule has 1 saturated heterocycles. The summed E-state index contributed by atoms with van der Waals surface area (Å²) in [4.78, 5) is 42.3. The zero-order valence-corrected chi connectivity index (χ0v) is 19.1. The molecule has 0 saturated carbocycles. The second-order valence-electron chi connectivity index (χ2n) is 8.09. The molecule has 1 fully saturated rings. The largest absolute Gasteiger partial charge is 0.364 e. The summed E-state index contributed by atoms with van der Waals surface area (Å²) in [5, 5.41) is 2.82. The number of alkyl halides is 1. The molecule has 2 heterocycles. The number of amides is 3. The lowest BCUT2D eigenvalue weighted by atomic mass is 10.0. The van der Waals surface area contributed by atoms with E-state index in [0.717, 1.165) is 4.90 Å². The zero-order valence-electron chi connectivity index (χ0n) is 18.4. The third-order valence-corrected chi connectivity index (χ3v) is 6.01. The van der Waals surface area contributed by atoms with Gasteiger partial charge in [0.1, 0.15) is 17.9 Å². The highest BCUT2D eigenvalue weighted by atomic mass is 35.5. The summed E-state index contributed by atoms with van der Waals surface area (Å²) in [6.07, 6.45) is -1.90. The summed E-state index contributed by atoms with van der Waals surface area (Å²) in [5.74, 6) is -2.71. The zero-order chi connectivity index (χ0) is 25.1. The Labute approximate surface area is 204 Å². The first-order valence-corrected chi connectivity index (χ1v) is 11.2. The molecule has 10 heteroatoms. The van der Waals surface area contributed by atoms with Gasteiger partial charge in [-0.2, -0.15) is 0 Å². The summed E-state index contributed by atoms with van der Waals surface area (Å²) >= 11 is 6.19. The smallest absolute Gasteiger partial charge is 0.267 e. The van der Waals surface area contributed by atoms with E-state index in [1.54, 1.807) is 30.3 Å². The van der Waals surface area contributed by atoms with Crippen LogP contribution in [0.1, 0.15) is 22.6 Å². The predicted octanol–water partition coefficient (Wildman–Crippen LogP) is 3.76. The van der Waals surface area contributed by atoms with Crippen LogP contribution in [0.5, 0.6) is 0 Å². The minimum Gasteiger partial charge on any atom is -0.364 e. The van der Waals surface area contributed by atoms with E-state index in [1.165, 1.54) is 30.3 Å². The van der Waals surface area contributed by atoms with Crippen molar-refractivity contribution in [3.63, 3.8) is 0 Å². The Morgan fingerprint density at radius 2 is 1.77 bits per heavy atom. The Kier molecular flexibility index (Phi) is 7.07. The minimum absolute atomic E-state index is 0.0109. The average molecular weight is 499 g/mol. The van der Waals surface area contributed by atoms with Crippen molar-refractivity contribution < 1.29 is 23.2 Å². The number of likely N-dealkylation sites (tertiary alicyclic amines) is 1. The maximum atomic E-state index is 15.2. The summed E-state index contributed by atoms with van der Waals surface area (Å²) < 4.78 is 29.5. The van der Waals surface area contributed by atoms with Crippen molar-refractivity contribution in [2.45, 2.75) is 25.1 Å². The fraction of sp³-hybridized carbons (Fsp3) is 0.200. The van der Waals surface area contributed by atoms with Gasteiger partial charge in [0.15, 0.2) is 5.82 Å². The predicted molar refractivity (Wildman–Crippen MR) is 127 cm³/mol. The molecule has 1 aliphatic heterocycles. The normalized spacial score (nSPS) is 17.3. The lowest BCUT2D eigenvalue weighted by Crippen LogP contribution is -2.44. The highest BCUT2D eigenvalue weighted by Crippen LogP contribution is 2.33. The molecule has 3 amide bonds. The van der Waals surface area contributed by atoms with Crippen LogP contribution in [-0.2, 0) is 16.0 Å². The first-order valence-electron chi connectivity index (χ1n) is 10.8. The van der Waals surface area contributed by atoms with Crippen molar-refractivity contribution in [3.05, 3.63) is 82.9 Å². The highest BCUT2D eigenvalue weighted by Gasteiger charge is 2.40. The number of pyridine rings is 1. The number of carbonyl (C=O) groups excluding carboxylic acids is 3. The number of benzene rings is 2. The monoisotopic (exact) mass is 498 g/mol. The molecule has 0 radical (unpaired) electrons. The molecule has 7 nitrogen and oxygen atoms in total. The van der Waals surface area contributed by atoms with Crippen LogP contribution in [0.4, 0.5) is 14.5 Å². The van der Waals surface area contributed by atoms with Gasteiger partial charge in [-0.3, -0.25) is 14.4 Å². The lowest BCUT2D eigenvalue weighted by molar-refractivity contribution is -0.136. The van der Waals surface area contributed by atoms with E-state index in [1.807, 2.05) is 0 Å². The SMILES string of the molecule is NC(=O)c1cccc(CC(=O)N2C[C@H](F)C[C@H]2C(=O)Nc2cccc(-c3ccccc3Cl)c2F)n1. The van der Waals surface area contributed by atoms with E-state index in [-0.39, 0.29) is 42.0 Å². The number of hydrogen-bond acceptors (Lipinski definition) is 4. The van der Waals surface area contributed by atoms with Gasteiger partial charge in [0, 0.05) is 22.6 Å². The van der Waals surface area contributed by atoms with Crippen molar-refractivity contribution in [1.82, 2.24) is 9.88 Å². The standard InChI is InChI=1S/C25H21ClF2N4O3/c26-18-8-2-1-6-16(18)17-7-4-9-19(23(17)28)31-25(35)21-11-14(27)13-32(21)22(33)12-15-5-3-10-20(30-15)24(29)34/h1-10,14,21H,11-13H2,(H2,29,34)(H,31,35)/t14-,21+/m1/s1. The second-order valence-corrected chi connectivity index (χ2v) is 8.49. The van der Waals surface area contributed by atoms with Crippen LogP contribution in [-0.4, -0.2) is 46.4 Å². The third-order valence-electron chi connectivity index (χ3n) is 5.69. The van der Waals surface area contributed by atoms with Gasteiger partial charge in [0.25, 0.3) is 5.91 Å². The Bertz CT molecular complexity index is 1300. The maximum Gasteiger partial charge on any atom is 0.267 e. The Balaban J connectivity index is 1.52. The fourth-order valence-corrected chi connectivity index (χ4v) is 4.25. The van der Waals surface area contributed by atoms with Crippen LogP contribution < -0.4 is 11.1 Å². The molecule has 2 atom stereocenters. The number of rotatable bonds is 6. The molecule has 1 aromatic heterocycles. The van der Waals surface area contributed by atoms with Gasteiger partial charge in [-0.05, 0) is 24.3 Å². The molecule has 0 unspecified atom stereocenters. The number of nitrogens with one attached hydrogen (secondary N) is 1. The molecule has 0 bridgehead atoms. The summed E-state index contributed by atoms with van der Waals surface area (Å²) in [5.41, 5.74) is 6.00. The number of anilines is 1. The Hall–Kier alpha value is -3.85. The van der Waals surface area contributed by atoms with Crippen molar-refractivity contribution >= 4 is 35.0 Å². The number of aromatic nitrogens is 1. The van der Waals surface area contributed by atoms with Crippen molar-refractivity contribution in [2.75, 3.05) is 11.9 Å². The summed E-state index contributed by atoms with van der Waals surface area (Å²) in [6.45, 7) is -0.283. The van der Waals surface area contributed by atoms with Gasteiger partial charge in [-0.15, -0.1) is 0 Å². The van der Waals surface area contributed by atoms with Crippen LogP contribution in [0.25, 0.3) is 11.1 Å². The first-order chi connectivity index (χ1) is 16.7. The minimum atomic E-state index is -1.42. The molecule has 1 aliphatic rings. The molecule has 2 aromatic carbocycles. The van der Waals surface area contributed by atoms with E-state index < -0.39 is 35.8 Å². The van der Waals surface area contributed by atoms with E-state index in [2.05, 4.69) is 10.3 Å². The Morgan fingerprint density at radius 3 is 2.51 bits per heavy atom. The van der Waals surface area contributed by atoms with E-state index >= 15 is 4.39 Å². The van der Waals surface area contributed by atoms with Crippen LogP contribution in [0.3, 0.4) is 0 Å². The van der Waals surface area contributed by atoms with Crippen molar-refractivity contribution in [3.8, 4) is 11.1 Å². The summed E-state index contributed by atoms with van der Waals surface area (Å²) in [7, 11) is 0. The number of carbonyl (C=O) groups is 3. The Morgan fingerprint density at radius 1 is 1.06 bits per heavy atom. The topological polar surface area (TPSA) is 105 Å².